The number of likely N-dealkylation sites (N-methyl/N-ethyl adjacent to an activating group) is 1. The molecule has 0 bridgehead atoms. The number of hydrogen-bond acceptors (Lipinski definition) is 2. The van der Waals surface area contributed by atoms with Crippen LogP contribution in [0.5, 0.6) is 0 Å². The number of nitrogens with one attached hydrogen (secondary N) is 1. The summed E-state index contributed by atoms with van der Waals surface area (Å²) in [7, 11) is 2.16. The summed E-state index contributed by atoms with van der Waals surface area (Å²) in [5.41, 5.74) is 4.23. The van der Waals surface area contributed by atoms with Gasteiger partial charge in [-0.2, -0.15) is 0 Å². The topological polar surface area (TPSA) is 15.3 Å². The lowest BCUT2D eigenvalue weighted by molar-refractivity contribution is 0.282. The van der Waals surface area contributed by atoms with Gasteiger partial charge >= 0.3 is 0 Å². The Labute approximate surface area is 115 Å². The maximum atomic E-state index is 6.25. The van der Waals surface area contributed by atoms with E-state index in [-0.39, 0.29) is 0 Å². The van der Waals surface area contributed by atoms with Crippen LogP contribution in [0.25, 0.3) is 0 Å². The monoisotopic (exact) mass is 264 g/mol. The molecule has 1 unspecified atom stereocenters. The van der Waals surface area contributed by atoms with E-state index >= 15 is 0 Å². The van der Waals surface area contributed by atoms with Crippen LogP contribution in [0, 0.1) is 0 Å². The highest BCUT2D eigenvalue weighted by Crippen LogP contribution is 2.26. The molecule has 0 aliphatic carbocycles. The van der Waals surface area contributed by atoms with E-state index in [1.807, 2.05) is 18.2 Å². The summed E-state index contributed by atoms with van der Waals surface area (Å²) in [5.74, 6) is 0. The molecule has 1 atom stereocenters. The van der Waals surface area contributed by atoms with Gasteiger partial charge in [0.1, 0.15) is 0 Å². The molecule has 1 saturated heterocycles. The van der Waals surface area contributed by atoms with Crippen LogP contribution in [0.3, 0.4) is 0 Å². The van der Waals surface area contributed by atoms with Gasteiger partial charge in [0.2, 0.25) is 0 Å². The van der Waals surface area contributed by atoms with Gasteiger partial charge in [0.25, 0.3) is 0 Å². The second kappa shape index (κ2) is 5.87. The minimum Gasteiger partial charge on any atom is -0.309 e. The summed E-state index contributed by atoms with van der Waals surface area (Å²) >= 11 is 6.25. The molecule has 1 aliphatic rings. The molecule has 1 aromatic rings. The first-order chi connectivity index (χ1) is 8.59. The van der Waals surface area contributed by atoms with Gasteiger partial charge in [-0.1, -0.05) is 35.4 Å². The summed E-state index contributed by atoms with van der Waals surface area (Å²) in [4.78, 5) is 2.35. The van der Waals surface area contributed by atoms with Crippen molar-refractivity contribution in [3.63, 3.8) is 0 Å². The Bertz CT molecular complexity index is 448. The summed E-state index contributed by atoms with van der Waals surface area (Å²) in [6.45, 7) is 7.55. The zero-order valence-electron chi connectivity index (χ0n) is 11.3. The Morgan fingerprint density at radius 1 is 1.39 bits per heavy atom. The van der Waals surface area contributed by atoms with Crippen molar-refractivity contribution < 1.29 is 0 Å². The maximum Gasteiger partial charge on any atom is 0.0453 e. The van der Waals surface area contributed by atoms with Crippen LogP contribution >= 0.6 is 11.6 Å². The highest BCUT2D eigenvalue weighted by molar-refractivity contribution is 6.31. The summed E-state index contributed by atoms with van der Waals surface area (Å²) in [6, 6.07) is 8.43. The zero-order valence-corrected chi connectivity index (χ0v) is 12.1. The van der Waals surface area contributed by atoms with Crippen molar-refractivity contribution in [3.05, 3.63) is 46.0 Å². The van der Waals surface area contributed by atoms with Gasteiger partial charge in [0, 0.05) is 30.7 Å². The lowest BCUT2D eigenvalue weighted by atomic mass is 10.0. The lowest BCUT2D eigenvalue weighted by Gasteiger charge is -2.29. The fraction of sp³-hybridized carbons (Fsp3) is 0.467. The number of benzene rings is 1. The van der Waals surface area contributed by atoms with Crippen LogP contribution in [0.1, 0.15) is 25.5 Å². The van der Waals surface area contributed by atoms with E-state index in [1.54, 1.807) is 5.57 Å². The molecule has 0 aromatic heterocycles. The average molecular weight is 265 g/mol. The molecule has 3 heteroatoms. The lowest BCUT2D eigenvalue weighted by Crippen LogP contribution is -2.36. The predicted molar refractivity (Wildman–Crippen MR) is 78.1 cm³/mol. The molecule has 1 aliphatic heterocycles. The largest absolute Gasteiger partial charge is 0.309 e. The van der Waals surface area contributed by atoms with Crippen molar-refractivity contribution in [2.45, 2.75) is 19.9 Å². The van der Waals surface area contributed by atoms with Crippen LogP contribution in [-0.4, -0.2) is 31.6 Å². The molecule has 0 saturated carbocycles. The first-order valence-corrected chi connectivity index (χ1v) is 6.80. The normalized spacial score (nSPS) is 16.6. The molecule has 0 amide bonds. The number of rotatable bonds is 4. The molecular weight excluding hydrogens is 244 g/mol. The smallest absolute Gasteiger partial charge is 0.0453 e. The van der Waals surface area contributed by atoms with Crippen molar-refractivity contribution >= 4 is 11.6 Å². The van der Waals surface area contributed by atoms with Crippen LogP contribution in [0.15, 0.2) is 35.4 Å². The Morgan fingerprint density at radius 3 is 2.61 bits per heavy atom. The van der Waals surface area contributed by atoms with Crippen molar-refractivity contribution in [1.29, 1.82) is 0 Å². The predicted octanol–water partition coefficient (Wildman–Crippen LogP) is 3.25. The van der Waals surface area contributed by atoms with Gasteiger partial charge in [-0.15, -0.1) is 0 Å². The zero-order chi connectivity index (χ0) is 13.1. The number of hydrogen-bond donors (Lipinski definition) is 1. The van der Waals surface area contributed by atoms with Gasteiger partial charge in [-0.3, -0.25) is 4.90 Å². The molecule has 0 spiro atoms. The van der Waals surface area contributed by atoms with Crippen molar-refractivity contribution in [2.75, 3.05) is 26.7 Å². The van der Waals surface area contributed by atoms with Gasteiger partial charge in [-0.25, -0.2) is 0 Å². The second-order valence-corrected chi connectivity index (χ2v) is 5.51. The van der Waals surface area contributed by atoms with E-state index in [0.717, 1.165) is 24.7 Å². The first-order valence-electron chi connectivity index (χ1n) is 6.42. The van der Waals surface area contributed by atoms with E-state index in [0.29, 0.717) is 6.04 Å². The van der Waals surface area contributed by atoms with E-state index in [4.69, 9.17) is 11.6 Å². The van der Waals surface area contributed by atoms with Crippen LogP contribution < -0.4 is 5.32 Å². The molecule has 18 heavy (non-hydrogen) atoms. The quantitative estimate of drug-likeness (QED) is 0.840. The van der Waals surface area contributed by atoms with E-state index in [9.17, 15) is 0 Å². The molecule has 2 nitrogen and oxygen atoms in total. The molecule has 1 heterocycles. The third-order valence-corrected chi connectivity index (χ3v) is 4.13. The second-order valence-electron chi connectivity index (χ2n) is 5.10. The van der Waals surface area contributed by atoms with Gasteiger partial charge < -0.3 is 5.32 Å². The molecular formula is C15H21ClN2. The van der Waals surface area contributed by atoms with Gasteiger partial charge in [0.15, 0.2) is 0 Å². The van der Waals surface area contributed by atoms with Crippen LogP contribution in [-0.2, 0) is 0 Å². The third kappa shape index (κ3) is 2.94. The van der Waals surface area contributed by atoms with Crippen molar-refractivity contribution in [1.82, 2.24) is 10.2 Å². The SMILES string of the molecule is CC(CN(C)C(C)c1ccccc1Cl)=C1CNC1. The van der Waals surface area contributed by atoms with Crippen LogP contribution in [0.2, 0.25) is 5.02 Å². The standard InChI is InChI=1S/C15H21ClN2/c1-11(13-8-17-9-13)10-18(3)12(2)14-6-4-5-7-15(14)16/h4-7,12,17H,8-10H2,1-3H3. The molecule has 1 aromatic carbocycles. The first kappa shape index (κ1) is 13.6. The van der Waals surface area contributed by atoms with E-state index in [2.05, 4.69) is 37.2 Å². The summed E-state index contributed by atoms with van der Waals surface area (Å²) < 4.78 is 0. The Balaban J connectivity index is 2.05. The van der Waals surface area contributed by atoms with Crippen molar-refractivity contribution in [3.8, 4) is 0 Å². The van der Waals surface area contributed by atoms with Crippen molar-refractivity contribution in [2.24, 2.45) is 0 Å². The molecule has 2 rings (SSSR count). The Hall–Kier alpha value is -0.830. The summed E-state index contributed by atoms with van der Waals surface area (Å²) in [5, 5.41) is 4.14. The van der Waals surface area contributed by atoms with Gasteiger partial charge in [0.05, 0.1) is 0 Å². The Kier molecular flexibility index (Phi) is 4.44. The molecule has 1 fully saturated rings. The highest BCUT2D eigenvalue weighted by atomic mass is 35.5. The van der Waals surface area contributed by atoms with Crippen LogP contribution in [0.4, 0.5) is 0 Å². The average Bonchev–Trinajstić information content (AvgIpc) is 2.26. The number of nitrogens with zero attached hydrogens (tertiary/aromatic N) is 1. The maximum absolute atomic E-state index is 6.25. The van der Waals surface area contributed by atoms with E-state index in [1.165, 1.54) is 11.1 Å². The molecule has 0 radical (unpaired) electrons. The molecule has 98 valence electrons. The minimum absolute atomic E-state index is 0.335. The highest BCUT2D eigenvalue weighted by Gasteiger charge is 2.17. The minimum atomic E-state index is 0.335. The van der Waals surface area contributed by atoms with Gasteiger partial charge in [-0.05, 0) is 38.1 Å². The number of halogens is 1. The van der Waals surface area contributed by atoms with E-state index < -0.39 is 0 Å². The summed E-state index contributed by atoms with van der Waals surface area (Å²) in [6.07, 6.45) is 0. The fourth-order valence-electron chi connectivity index (χ4n) is 2.23. The Morgan fingerprint density at radius 2 is 2.06 bits per heavy atom. The third-order valence-electron chi connectivity index (χ3n) is 3.78. The molecule has 1 N–H and O–H groups in total. The fourth-order valence-corrected chi connectivity index (χ4v) is 2.52.